The van der Waals surface area contributed by atoms with Gasteiger partial charge in [-0.2, -0.15) is 26.3 Å². The van der Waals surface area contributed by atoms with Gasteiger partial charge in [0.1, 0.15) is 12.2 Å². The van der Waals surface area contributed by atoms with Crippen LogP contribution in [0.4, 0.5) is 26.3 Å². The molecule has 0 radical (unpaired) electrons. The van der Waals surface area contributed by atoms with Crippen LogP contribution in [0, 0.1) is 11.8 Å². The molecule has 1 rings (SSSR count). The molecule has 0 amide bonds. The van der Waals surface area contributed by atoms with Gasteiger partial charge in [-0.1, -0.05) is 6.58 Å². The number of carbonyl (C=O) groups is 1. The molecule has 0 aromatic rings. The van der Waals surface area contributed by atoms with Gasteiger partial charge in [0.05, 0.1) is 22.9 Å². The molecule has 0 heterocycles. The van der Waals surface area contributed by atoms with Gasteiger partial charge >= 0.3 is 18.3 Å². The topological polar surface area (TPSA) is 85.2 Å². The van der Waals surface area contributed by atoms with Crippen LogP contribution in [-0.4, -0.2) is 69.3 Å². The van der Waals surface area contributed by atoms with Crippen molar-refractivity contribution in [2.45, 2.75) is 135 Å². The number of hydrogen-bond donors (Lipinski definition) is 2. The summed E-state index contributed by atoms with van der Waals surface area (Å²) in [5.74, 6) is -1.78. The second-order valence-corrected chi connectivity index (χ2v) is 12.1. The third-order valence-electron chi connectivity index (χ3n) is 7.66. The summed E-state index contributed by atoms with van der Waals surface area (Å²) in [6.07, 6.45) is -15.6. The van der Waals surface area contributed by atoms with Crippen molar-refractivity contribution in [2.75, 3.05) is 0 Å². The van der Waals surface area contributed by atoms with Crippen molar-refractivity contribution in [1.29, 1.82) is 0 Å². The summed E-state index contributed by atoms with van der Waals surface area (Å²) in [5.41, 5.74) is -8.73. The molecule has 1 saturated carbocycles. The van der Waals surface area contributed by atoms with Crippen LogP contribution < -0.4 is 0 Å². The van der Waals surface area contributed by atoms with Crippen LogP contribution in [-0.2, 0) is 19.0 Å². The zero-order valence-corrected chi connectivity index (χ0v) is 23.5. The molecule has 1 aliphatic rings. The number of esters is 1. The van der Waals surface area contributed by atoms with E-state index in [0.29, 0.717) is 13.3 Å². The molecule has 0 spiro atoms. The Hall–Kier alpha value is -1.37. The minimum Gasteiger partial charge on any atom is -0.459 e. The predicted octanol–water partition coefficient (Wildman–Crippen LogP) is 5.88. The van der Waals surface area contributed by atoms with Gasteiger partial charge < -0.3 is 24.4 Å². The van der Waals surface area contributed by atoms with Gasteiger partial charge in [-0.15, -0.1) is 0 Å². The quantitative estimate of drug-likeness (QED) is 0.196. The van der Waals surface area contributed by atoms with E-state index in [4.69, 9.17) is 14.2 Å². The lowest BCUT2D eigenvalue weighted by molar-refractivity contribution is -0.399. The summed E-state index contributed by atoms with van der Waals surface area (Å²) in [4.78, 5) is 12.3. The summed E-state index contributed by atoms with van der Waals surface area (Å²) < 4.78 is 97.6. The molecular weight excluding hydrogens is 522 g/mol. The Kier molecular flexibility index (Phi) is 10.3. The van der Waals surface area contributed by atoms with Crippen molar-refractivity contribution in [3.63, 3.8) is 0 Å². The van der Waals surface area contributed by atoms with E-state index in [9.17, 15) is 41.4 Å². The van der Waals surface area contributed by atoms with Crippen molar-refractivity contribution in [1.82, 2.24) is 0 Å². The standard InChI is InChI=1S/C26H42F6O6/c1-14(2)20(33)36-19-12-17(22(7,8)37-15(3)21(5,6)34)11-18(13-19)23(9,10)38-16(4)24(35,25(27,28)29)26(30,31)32/h15-19,34-35H,1,11-13H2,2-10H3. The minimum absolute atomic E-state index is 0.0861. The van der Waals surface area contributed by atoms with Gasteiger partial charge in [0.2, 0.25) is 0 Å². The maximum absolute atomic E-state index is 13.4. The Morgan fingerprint density at radius 1 is 0.789 bits per heavy atom. The fourth-order valence-electron chi connectivity index (χ4n) is 4.71. The summed E-state index contributed by atoms with van der Waals surface area (Å²) in [7, 11) is 0. The van der Waals surface area contributed by atoms with Crippen LogP contribution in [0.3, 0.4) is 0 Å². The molecule has 12 heteroatoms. The average Bonchev–Trinajstić information content (AvgIpc) is 2.69. The van der Waals surface area contributed by atoms with Gasteiger partial charge in [0, 0.05) is 5.57 Å². The fourth-order valence-corrected chi connectivity index (χ4v) is 4.71. The largest absolute Gasteiger partial charge is 0.459 e. The monoisotopic (exact) mass is 564 g/mol. The van der Waals surface area contributed by atoms with E-state index in [-0.39, 0.29) is 18.4 Å². The zero-order valence-electron chi connectivity index (χ0n) is 23.5. The summed E-state index contributed by atoms with van der Waals surface area (Å²) in [6.45, 7) is 16.5. The molecule has 1 fully saturated rings. The molecule has 0 bridgehead atoms. The smallest absolute Gasteiger partial charge is 0.428 e. The van der Waals surface area contributed by atoms with E-state index in [0.717, 1.165) is 0 Å². The number of ether oxygens (including phenoxy) is 3. The van der Waals surface area contributed by atoms with E-state index >= 15 is 0 Å². The summed E-state index contributed by atoms with van der Waals surface area (Å²) in [6, 6.07) is 0. The normalized spacial score (nSPS) is 24.1. The second kappa shape index (κ2) is 11.2. The molecule has 2 N–H and O–H groups in total. The lowest BCUT2D eigenvalue weighted by Gasteiger charge is -2.49. The third kappa shape index (κ3) is 7.85. The molecule has 38 heavy (non-hydrogen) atoms. The molecule has 0 aromatic heterocycles. The van der Waals surface area contributed by atoms with E-state index in [2.05, 4.69) is 6.58 Å². The van der Waals surface area contributed by atoms with Crippen LogP contribution in [0.2, 0.25) is 0 Å². The maximum Gasteiger partial charge on any atom is 0.428 e. The first kappa shape index (κ1) is 34.7. The molecule has 6 nitrogen and oxygen atoms in total. The summed E-state index contributed by atoms with van der Waals surface area (Å²) in [5, 5.41) is 20.1. The first-order valence-corrected chi connectivity index (χ1v) is 12.5. The Balaban J connectivity index is 3.37. The van der Waals surface area contributed by atoms with E-state index < -0.39 is 70.9 Å². The van der Waals surface area contributed by atoms with E-state index in [1.165, 1.54) is 20.8 Å². The molecule has 0 aliphatic heterocycles. The van der Waals surface area contributed by atoms with Crippen molar-refractivity contribution in [3.8, 4) is 0 Å². The molecule has 224 valence electrons. The average molecular weight is 565 g/mol. The molecule has 5 atom stereocenters. The van der Waals surface area contributed by atoms with Crippen LogP contribution in [0.25, 0.3) is 0 Å². The lowest BCUT2D eigenvalue weighted by Crippen LogP contribution is -2.65. The highest BCUT2D eigenvalue weighted by Gasteiger charge is 2.74. The van der Waals surface area contributed by atoms with Gasteiger partial charge in [-0.3, -0.25) is 0 Å². The fraction of sp³-hybridized carbons (Fsp3) is 0.885. The highest BCUT2D eigenvalue weighted by molar-refractivity contribution is 5.87. The number of carbonyl (C=O) groups excluding carboxylic acids is 1. The lowest BCUT2D eigenvalue weighted by atomic mass is 9.68. The van der Waals surface area contributed by atoms with Crippen LogP contribution in [0.15, 0.2) is 12.2 Å². The number of alkyl halides is 6. The Morgan fingerprint density at radius 3 is 1.47 bits per heavy atom. The Labute approximate surface area is 220 Å². The van der Waals surface area contributed by atoms with E-state index in [1.807, 2.05) is 0 Å². The van der Waals surface area contributed by atoms with Crippen LogP contribution in [0.5, 0.6) is 0 Å². The number of rotatable bonds is 10. The van der Waals surface area contributed by atoms with E-state index in [1.54, 1.807) is 34.6 Å². The number of aliphatic hydroxyl groups is 2. The molecule has 1 aliphatic carbocycles. The maximum atomic E-state index is 13.4. The highest BCUT2D eigenvalue weighted by atomic mass is 19.4. The summed E-state index contributed by atoms with van der Waals surface area (Å²) >= 11 is 0. The Morgan fingerprint density at radius 2 is 1.16 bits per heavy atom. The van der Waals surface area contributed by atoms with Gasteiger partial charge in [0.15, 0.2) is 0 Å². The molecule has 0 saturated heterocycles. The van der Waals surface area contributed by atoms with Crippen molar-refractivity contribution in [3.05, 3.63) is 12.2 Å². The minimum atomic E-state index is -6.04. The third-order valence-corrected chi connectivity index (χ3v) is 7.66. The molecule has 5 unspecified atom stereocenters. The second-order valence-electron chi connectivity index (χ2n) is 12.1. The van der Waals surface area contributed by atoms with Crippen molar-refractivity contribution < 1.29 is 55.6 Å². The van der Waals surface area contributed by atoms with Gasteiger partial charge in [0.25, 0.3) is 5.60 Å². The molecule has 0 aromatic carbocycles. The van der Waals surface area contributed by atoms with Crippen molar-refractivity contribution >= 4 is 5.97 Å². The number of hydrogen-bond acceptors (Lipinski definition) is 6. The van der Waals surface area contributed by atoms with Crippen LogP contribution >= 0.6 is 0 Å². The Bertz CT molecular complexity index is 829. The first-order valence-electron chi connectivity index (χ1n) is 12.5. The van der Waals surface area contributed by atoms with Gasteiger partial charge in [-0.25, -0.2) is 4.79 Å². The zero-order chi connectivity index (χ0) is 30.3. The van der Waals surface area contributed by atoms with Gasteiger partial charge in [-0.05, 0) is 93.4 Å². The van der Waals surface area contributed by atoms with Crippen LogP contribution in [0.1, 0.15) is 81.6 Å². The first-order chi connectivity index (χ1) is 16.7. The molecular formula is C26H42F6O6. The number of halogens is 6. The SMILES string of the molecule is C=C(C)C(=O)OC1CC(C(C)(C)OC(C)C(C)(C)O)CC(C(C)(C)OC(C)C(O)(C(F)(F)F)C(F)(F)F)C1. The predicted molar refractivity (Wildman–Crippen MR) is 128 cm³/mol. The highest BCUT2D eigenvalue weighted by Crippen LogP contribution is 2.49. The van der Waals surface area contributed by atoms with Crippen molar-refractivity contribution in [2.24, 2.45) is 11.8 Å².